The molecule has 0 saturated heterocycles. The summed E-state index contributed by atoms with van der Waals surface area (Å²) in [7, 11) is 0. The molecule has 0 amide bonds. The van der Waals surface area contributed by atoms with Crippen molar-refractivity contribution in [2.24, 2.45) is 11.8 Å². The van der Waals surface area contributed by atoms with Crippen LogP contribution in [-0.2, 0) is 11.2 Å². The van der Waals surface area contributed by atoms with Crippen LogP contribution in [0.4, 0.5) is 4.39 Å². The van der Waals surface area contributed by atoms with E-state index in [1.54, 1.807) is 12.1 Å². The quantitative estimate of drug-likeness (QED) is 0.258. The van der Waals surface area contributed by atoms with Gasteiger partial charge in [-0.15, -0.1) is 0 Å². The molecule has 0 radical (unpaired) electrons. The van der Waals surface area contributed by atoms with Gasteiger partial charge >= 0.3 is 5.97 Å². The minimum atomic E-state index is -0.263. The van der Waals surface area contributed by atoms with E-state index >= 15 is 0 Å². The fourth-order valence-corrected chi connectivity index (χ4v) is 4.08. The van der Waals surface area contributed by atoms with Crippen LogP contribution in [0.1, 0.15) is 90.0 Å². The topological polar surface area (TPSA) is 26.3 Å². The minimum absolute atomic E-state index is 0.237. The number of hydrogen-bond donors (Lipinski definition) is 0. The Morgan fingerprint density at radius 3 is 2.35 bits per heavy atom. The summed E-state index contributed by atoms with van der Waals surface area (Å²) in [4.78, 5) is 12.1. The monoisotopic (exact) mass is 362 g/mol. The number of unbranched alkanes of at least 4 members (excludes halogenated alkanes) is 2. The second kappa shape index (κ2) is 11.4. The van der Waals surface area contributed by atoms with Gasteiger partial charge < -0.3 is 4.74 Å². The molecule has 0 aliphatic heterocycles. The standard InChI is InChI=1S/C23H35FO2/c1-3-5-6-8-20-14-15-21(17-22(20)24)26-23(25)16-13-19-11-9-18(7-4-2)10-12-19/h14-15,17-19H,3-13,16H2,1-2H3. The fourth-order valence-electron chi connectivity index (χ4n) is 4.08. The van der Waals surface area contributed by atoms with Gasteiger partial charge in [0.1, 0.15) is 11.6 Å². The first kappa shape index (κ1) is 20.9. The second-order valence-corrected chi connectivity index (χ2v) is 7.90. The van der Waals surface area contributed by atoms with E-state index in [-0.39, 0.29) is 11.8 Å². The molecule has 0 aromatic heterocycles. The lowest BCUT2D eigenvalue weighted by atomic mass is 9.78. The van der Waals surface area contributed by atoms with Gasteiger partial charge in [-0.05, 0) is 42.7 Å². The first-order valence-electron chi connectivity index (χ1n) is 10.6. The molecule has 1 aromatic carbocycles. The van der Waals surface area contributed by atoms with Gasteiger partial charge in [-0.1, -0.05) is 71.3 Å². The van der Waals surface area contributed by atoms with Gasteiger partial charge in [-0.2, -0.15) is 0 Å². The minimum Gasteiger partial charge on any atom is -0.426 e. The molecule has 0 bridgehead atoms. The second-order valence-electron chi connectivity index (χ2n) is 7.90. The van der Waals surface area contributed by atoms with Crippen molar-refractivity contribution in [2.45, 2.75) is 90.9 Å². The van der Waals surface area contributed by atoms with Crippen LogP contribution in [0.2, 0.25) is 0 Å². The molecule has 2 nitrogen and oxygen atoms in total. The fraction of sp³-hybridized carbons (Fsp3) is 0.696. The van der Waals surface area contributed by atoms with Crippen molar-refractivity contribution in [1.29, 1.82) is 0 Å². The largest absolute Gasteiger partial charge is 0.426 e. The highest BCUT2D eigenvalue weighted by atomic mass is 19.1. The predicted molar refractivity (Wildman–Crippen MR) is 105 cm³/mol. The van der Waals surface area contributed by atoms with Crippen LogP contribution in [0, 0.1) is 17.7 Å². The smallest absolute Gasteiger partial charge is 0.311 e. The Morgan fingerprint density at radius 1 is 1.04 bits per heavy atom. The lowest BCUT2D eigenvalue weighted by Crippen LogP contribution is -2.17. The molecule has 1 aromatic rings. The van der Waals surface area contributed by atoms with Gasteiger partial charge in [0.15, 0.2) is 0 Å². The van der Waals surface area contributed by atoms with Crippen LogP contribution in [0.5, 0.6) is 5.75 Å². The molecule has 0 unspecified atom stereocenters. The van der Waals surface area contributed by atoms with Crippen LogP contribution in [0.25, 0.3) is 0 Å². The maximum Gasteiger partial charge on any atom is 0.311 e. The lowest BCUT2D eigenvalue weighted by Gasteiger charge is -2.28. The Balaban J connectivity index is 1.71. The third-order valence-electron chi connectivity index (χ3n) is 5.73. The maximum atomic E-state index is 14.1. The molecule has 1 saturated carbocycles. The SMILES string of the molecule is CCCCCc1ccc(OC(=O)CCC2CCC(CCC)CC2)cc1F. The average Bonchev–Trinajstić information content (AvgIpc) is 2.63. The summed E-state index contributed by atoms with van der Waals surface area (Å²) in [5, 5.41) is 0. The molecule has 0 N–H and O–H groups in total. The molecule has 0 heterocycles. The van der Waals surface area contributed by atoms with Crippen LogP contribution in [0.3, 0.4) is 0 Å². The Labute approximate surface area is 158 Å². The summed E-state index contributed by atoms with van der Waals surface area (Å²) >= 11 is 0. The number of aryl methyl sites for hydroxylation is 1. The van der Waals surface area contributed by atoms with E-state index in [2.05, 4.69) is 13.8 Å². The zero-order valence-electron chi connectivity index (χ0n) is 16.6. The summed E-state index contributed by atoms with van der Waals surface area (Å²) in [6.45, 7) is 4.39. The van der Waals surface area contributed by atoms with Crippen LogP contribution >= 0.6 is 0 Å². The number of benzene rings is 1. The van der Waals surface area contributed by atoms with E-state index in [9.17, 15) is 9.18 Å². The van der Waals surface area contributed by atoms with E-state index in [4.69, 9.17) is 4.74 Å². The number of carbonyl (C=O) groups is 1. The van der Waals surface area contributed by atoms with Crippen molar-refractivity contribution in [2.75, 3.05) is 0 Å². The van der Waals surface area contributed by atoms with Crippen LogP contribution < -0.4 is 4.74 Å². The van der Waals surface area contributed by atoms with Crippen molar-refractivity contribution in [3.8, 4) is 5.75 Å². The Morgan fingerprint density at radius 2 is 1.73 bits per heavy atom. The number of hydrogen-bond acceptors (Lipinski definition) is 2. The zero-order chi connectivity index (χ0) is 18.8. The first-order chi connectivity index (χ1) is 12.6. The van der Waals surface area contributed by atoms with E-state index in [1.165, 1.54) is 44.6 Å². The molecule has 146 valence electrons. The molecule has 1 fully saturated rings. The molecule has 3 heteroatoms. The van der Waals surface area contributed by atoms with E-state index in [0.717, 1.165) is 38.0 Å². The molecule has 1 aliphatic carbocycles. The van der Waals surface area contributed by atoms with Crippen molar-refractivity contribution in [3.63, 3.8) is 0 Å². The number of ether oxygens (including phenoxy) is 1. The maximum absolute atomic E-state index is 14.1. The highest BCUT2D eigenvalue weighted by Crippen LogP contribution is 2.33. The molecule has 0 atom stereocenters. The van der Waals surface area contributed by atoms with Crippen molar-refractivity contribution in [3.05, 3.63) is 29.6 Å². The van der Waals surface area contributed by atoms with Gasteiger partial charge in [0, 0.05) is 12.5 Å². The molecule has 26 heavy (non-hydrogen) atoms. The van der Waals surface area contributed by atoms with Crippen molar-refractivity contribution < 1.29 is 13.9 Å². The third kappa shape index (κ3) is 7.09. The number of esters is 1. The van der Waals surface area contributed by atoms with Gasteiger partial charge in [-0.3, -0.25) is 4.79 Å². The van der Waals surface area contributed by atoms with Gasteiger partial charge in [0.2, 0.25) is 0 Å². The van der Waals surface area contributed by atoms with Gasteiger partial charge in [-0.25, -0.2) is 4.39 Å². The Kier molecular flexibility index (Phi) is 9.14. The highest BCUT2D eigenvalue weighted by Gasteiger charge is 2.21. The lowest BCUT2D eigenvalue weighted by molar-refractivity contribution is -0.134. The van der Waals surface area contributed by atoms with Crippen molar-refractivity contribution >= 4 is 5.97 Å². The summed E-state index contributed by atoms with van der Waals surface area (Å²) < 4.78 is 19.5. The number of rotatable bonds is 10. The zero-order valence-corrected chi connectivity index (χ0v) is 16.6. The third-order valence-corrected chi connectivity index (χ3v) is 5.73. The average molecular weight is 363 g/mol. The number of carbonyl (C=O) groups excluding carboxylic acids is 1. The molecule has 0 spiro atoms. The predicted octanol–water partition coefficient (Wildman–Crippen LogP) is 6.85. The van der Waals surface area contributed by atoms with E-state index in [0.29, 0.717) is 23.7 Å². The summed E-state index contributed by atoms with van der Waals surface area (Å²) in [6.07, 6.45) is 13.0. The first-order valence-corrected chi connectivity index (χ1v) is 10.6. The molecular weight excluding hydrogens is 327 g/mol. The normalized spacial score (nSPS) is 20.1. The van der Waals surface area contributed by atoms with Crippen LogP contribution in [0.15, 0.2) is 18.2 Å². The van der Waals surface area contributed by atoms with Gasteiger partial charge in [0.05, 0.1) is 0 Å². The van der Waals surface area contributed by atoms with Crippen LogP contribution in [-0.4, -0.2) is 5.97 Å². The van der Waals surface area contributed by atoms with Gasteiger partial charge in [0.25, 0.3) is 0 Å². The number of halogens is 1. The summed E-state index contributed by atoms with van der Waals surface area (Å²) in [5.41, 5.74) is 0.710. The summed E-state index contributed by atoms with van der Waals surface area (Å²) in [6, 6.07) is 4.83. The van der Waals surface area contributed by atoms with Crippen molar-refractivity contribution in [1.82, 2.24) is 0 Å². The van der Waals surface area contributed by atoms with E-state index in [1.807, 2.05) is 0 Å². The molecule has 1 aliphatic rings. The Bertz CT molecular complexity index is 547. The molecule has 2 rings (SSSR count). The highest BCUT2D eigenvalue weighted by molar-refractivity contribution is 5.72. The Hall–Kier alpha value is -1.38. The summed E-state index contributed by atoms with van der Waals surface area (Å²) in [5.74, 6) is 1.37. The van der Waals surface area contributed by atoms with E-state index < -0.39 is 0 Å². The molecular formula is C23H35FO2.